The van der Waals surface area contributed by atoms with Gasteiger partial charge in [0.15, 0.2) is 11.6 Å². The van der Waals surface area contributed by atoms with E-state index in [1.54, 1.807) is 56.4 Å². The number of rotatable bonds is 20. The Morgan fingerprint density at radius 2 is 1.72 bits per heavy atom. The summed E-state index contributed by atoms with van der Waals surface area (Å²) < 4.78 is 19.3. The lowest BCUT2D eigenvalue weighted by Gasteiger charge is -2.52. The molecule has 1 saturated heterocycles. The molecule has 1 fully saturated rings. The van der Waals surface area contributed by atoms with Crippen molar-refractivity contribution in [2.45, 2.75) is 97.6 Å². The minimum atomic E-state index is -1.31. The first-order valence-electron chi connectivity index (χ1n) is 19.3. The van der Waals surface area contributed by atoms with Gasteiger partial charge in [0.1, 0.15) is 11.3 Å². The number of aryl methyl sites for hydroxylation is 1. The molecule has 2 heterocycles. The number of methoxy groups -OCH3 is 2. The van der Waals surface area contributed by atoms with Crippen LogP contribution in [0.1, 0.15) is 71.7 Å². The number of aliphatic hydroxyl groups excluding tert-OH is 3. The van der Waals surface area contributed by atoms with Crippen molar-refractivity contribution in [2.75, 3.05) is 20.8 Å². The minimum absolute atomic E-state index is 0.145. The van der Waals surface area contributed by atoms with Gasteiger partial charge in [0.2, 0.25) is 5.91 Å². The highest BCUT2D eigenvalue weighted by Crippen LogP contribution is 2.46. The van der Waals surface area contributed by atoms with E-state index in [-0.39, 0.29) is 35.8 Å². The molecule has 1 aromatic heterocycles. The molecule has 8 atom stereocenters. The molecule has 1 aromatic rings. The number of ether oxygens (including phenoxy) is 3. The lowest BCUT2D eigenvalue weighted by atomic mass is 9.72. The second-order valence-corrected chi connectivity index (χ2v) is 14.9. The van der Waals surface area contributed by atoms with Crippen molar-refractivity contribution in [3.05, 3.63) is 124 Å². The van der Waals surface area contributed by atoms with Crippen molar-refractivity contribution in [3.8, 4) is 5.75 Å². The van der Waals surface area contributed by atoms with Gasteiger partial charge in [0, 0.05) is 51.8 Å². The highest BCUT2D eigenvalue weighted by Gasteiger charge is 2.55. The SMILES string of the molecule is CC=CC=C[C@H]1O[C@@](OC)([C@H](CC)C(=O)NCC=CC=C(C)[C@H](OC)[C@H](C)[C@H](O)[C@@H](O)C=CC=CC=CC=C(C)C(=O)c2c(O)ccn(C)c2=O)C[C@@H](O)C1(C)C. The number of pyridine rings is 1. The predicted octanol–water partition coefficient (Wildman–Crippen LogP) is 5.56. The number of aromatic nitrogens is 1. The van der Waals surface area contributed by atoms with Crippen LogP contribution in [0.25, 0.3) is 0 Å². The molecule has 5 N–H and O–H groups in total. The molecule has 2 rings (SSSR count). The number of aromatic hydroxyl groups is 1. The molecule has 0 radical (unpaired) electrons. The second-order valence-electron chi connectivity index (χ2n) is 14.9. The number of Topliss-reactive ketones (excluding diaryl/α,β-unsaturated/α-hetero) is 1. The molecule has 1 amide bonds. The van der Waals surface area contributed by atoms with E-state index in [4.69, 9.17) is 14.2 Å². The first kappa shape index (κ1) is 48.7. The second kappa shape index (κ2) is 23.1. The average molecular weight is 793 g/mol. The van der Waals surface area contributed by atoms with Crippen molar-refractivity contribution >= 4 is 11.7 Å². The van der Waals surface area contributed by atoms with Crippen molar-refractivity contribution < 1.29 is 44.2 Å². The Kier molecular flexibility index (Phi) is 19.7. The van der Waals surface area contributed by atoms with E-state index in [1.165, 1.54) is 50.2 Å². The Bertz CT molecular complexity index is 1800. The summed E-state index contributed by atoms with van der Waals surface area (Å²) >= 11 is 0. The van der Waals surface area contributed by atoms with Crippen LogP contribution in [-0.2, 0) is 26.1 Å². The van der Waals surface area contributed by atoms with Gasteiger partial charge < -0.3 is 44.5 Å². The summed E-state index contributed by atoms with van der Waals surface area (Å²) in [5.74, 6) is -3.68. The fraction of sp³-hybridized carbons (Fsp3) is 0.489. The highest BCUT2D eigenvalue weighted by molar-refractivity contribution is 6.09. The molecule has 12 nitrogen and oxygen atoms in total. The van der Waals surface area contributed by atoms with E-state index in [1.807, 2.05) is 65.0 Å². The number of carbonyl (C=O) groups excluding carboxylic acids is 2. The van der Waals surface area contributed by atoms with E-state index in [2.05, 4.69) is 5.32 Å². The zero-order chi connectivity index (χ0) is 42.9. The molecule has 1 aliphatic heterocycles. The van der Waals surface area contributed by atoms with Gasteiger partial charge in [0.05, 0.1) is 36.4 Å². The summed E-state index contributed by atoms with van der Waals surface area (Å²) in [6, 6.07) is 1.29. The average Bonchev–Trinajstić information content (AvgIpc) is 3.17. The van der Waals surface area contributed by atoms with Crippen LogP contribution in [0.3, 0.4) is 0 Å². The summed E-state index contributed by atoms with van der Waals surface area (Å²) in [5, 5.41) is 45.7. The molecule has 0 saturated carbocycles. The quantitative estimate of drug-likeness (QED) is 0.0639. The molecule has 314 valence electrons. The zero-order valence-electron chi connectivity index (χ0n) is 35.1. The summed E-state index contributed by atoms with van der Waals surface area (Å²) in [6.45, 7) is 13.1. The maximum absolute atomic E-state index is 13.5. The standard InChI is InChI=1S/C45H64N2O10/c1-11-13-17-25-37-44(6,7)36(50)29-45(56-10,57-37)33(12-2)42(53)46-27-21-20-23-31(4)41(55-9)32(5)40(52)35(49)24-19-16-14-15-18-22-30(3)39(51)38-34(48)26-28-47(8)43(38)54/h11,13-26,28,32-33,35-37,40-41,48-50,52H,12,27,29H2,1-10H3,(H,46,53)/t32-,33-,35+,36-,37-,40+,41+,45-/m1/s1. The monoisotopic (exact) mass is 792 g/mol. The third-order valence-corrected chi connectivity index (χ3v) is 10.5. The fourth-order valence-electron chi connectivity index (χ4n) is 6.66. The first-order chi connectivity index (χ1) is 26.9. The van der Waals surface area contributed by atoms with Gasteiger partial charge >= 0.3 is 0 Å². The van der Waals surface area contributed by atoms with Gasteiger partial charge in [-0.15, -0.1) is 0 Å². The molecule has 12 heteroatoms. The van der Waals surface area contributed by atoms with Crippen molar-refractivity contribution in [3.63, 3.8) is 0 Å². The molecule has 57 heavy (non-hydrogen) atoms. The van der Waals surface area contributed by atoms with Gasteiger partial charge in [-0.2, -0.15) is 0 Å². The summed E-state index contributed by atoms with van der Waals surface area (Å²) in [4.78, 5) is 38.4. The largest absolute Gasteiger partial charge is 0.507 e. The van der Waals surface area contributed by atoms with E-state index in [9.17, 15) is 34.8 Å². The summed E-state index contributed by atoms with van der Waals surface area (Å²) in [6.07, 6.45) is 21.9. The molecule has 0 unspecified atom stereocenters. The van der Waals surface area contributed by atoms with E-state index in [0.717, 1.165) is 5.57 Å². The highest BCUT2D eigenvalue weighted by atomic mass is 16.7. The van der Waals surface area contributed by atoms with Gasteiger partial charge in [-0.1, -0.05) is 113 Å². The van der Waals surface area contributed by atoms with Crippen LogP contribution in [0.5, 0.6) is 5.75 Å². The Morgan fingerprint density at radius 3 is 2.35 bits per heavy atom. The maximum atomic E-state index is 13.5. The van der Waals surface area contributed by atoms with Gasteiger partial charge in [-0.05, 0) is 44.4 Å². The van der Waals surface area contributed by atoms with E-state index in [0.29, 0.717) is 6.42 Å². The molecule has 0 aromatic carbocycles. The van der Waals surface area contributed by atoms with Crippen molar-refractivity contribution in [1.29, 1.82) is 0 Å². The number of aliphatic hydroxyl groups is 3. The van der Waals surface area contributed by atoms with Crippen LogP contribution in [-0.4, -0.2) is 93.8 Å². The third-order valence-electron chi connectivity index (χ3n) is 10.5. The zero-order valence-corrected chi connectivity index (χ0v) is 35.1. The number of carbonyl (C=O) groups is 2. The Labute approximate surface area is 337 Å². The Balaban J connectivity index is 1.98. The van der Waals surface area contributed by atoms with Gasteiger partial charge in [-0.3, -0.25) is 14.4 Å². The number of allylic oxidation sites excluding steroid dienone is 12. The lowest BCUT2D eigenvalue weighted by molar-refractivity contribution is -0.324. The lowest BCUT2D eigenvalue weighted by Crippen LogP contribution is -2.61. The number of nitrogens with one attached hydrogen (secondary N) is 1. The fourth-order valence-corrected chi connectivity index (χ4v) is 6.66. The van der Waals surface area contributed by atoms with E-state index < -0.39 is 64.9 Å². The normalized spacial score (nSPS) is 23.6. The molecule has 1 aliphatic rings. The van der Waals surface area contributed by atoms with Crippen LogP contribution in [0, 0.1) is 17.3 Å². The smallest absolute Gasteiger partial charge is 0.265 e. The van der Waals surface area contributed by atoms with Crippen LogP contribution in [0.4, 0.5) is 0 Å². The number of amides is 1. The van der Waals surface area contributed by atoms with Crippen LogP contribution >= 0.6 is 0 Å². The van der Waals surface area contributed by atoms with Gasteiger partial charge in [-0.25, -0.2) is 0 Å². The minimum Gasteiger partial charge on any atom is -0.507 e. The molecule has 0 spiro atoms. The Morgan fingerprint density at radius 1 is 1.05 bits per heavy atom. The van der Waals surface area contributed by atoms with Crippen molar-refractivity contribution in [2.24, 2.45) is 24.3 Å². The number of nitrogens with zero attached hydrogens (tertiary/aromatic N) is 1. The summed E-state index contributed by atoms with van der Waals surface area (Å²) in [5.41, 5.74) is -0.403. The predicted molar refractivity (Wildman–Crippen MR) is 223 cm³/mol. The maximum Gasteiger partial charge on any atom is 0.265 e. The third kappa shape index (κ3) is 13.0. The molecular formula is C45H64N2O10. The van der Waals surface area contributed by atoms with Crippen LogP contribution in [0.2, 0.25) is 0 Å². The first-order valence-corrected chi connectivity index (χ1v) is 19.3. The Hall–Kier alpha value is -4.43. The number of hydrogen-bond acceptors (Lipinski definition) is 10. The number of hydrogen-bond donors (Lipinski definition) is 5. The van der Waals surface area contributed by atoms with Crippen LogP contribution in [0.15, 0.2) is 113 Å². The molecule has 0 bridgehead atoms. The van der Waals surface area contributed by atoms with E-state index >= 15 is 0 Å². The van der Waals surface area contributed by atoms with Gasteiger partial charge in [0.25, 0.3) is 5.56 Å². The number of ketones is 1. The van der Waals surface area contributed by atoms with Crippen LogP contribution < -0.4 is 10.9 Å². The molecule has 0 aliphatic carbocycles. The summed E-state index contributed by atoms with van der Waals surface area (Å²) in [7, 11) is 4.52. The topological polar surface area (TPSA) is 177 Å². The van der Waals surface area contributed by atoms with Crippen molar-refractivity contribution in [1.82, 2.24) is 9.88 Å². The molecular weight excluding hydrogens is 728 g/mol.